The summed E-state index contributed by atoms with van der Waals surface area (Å²) in [6, 6.07) is 7.79. The zero-order valence-corrected chi connectivity index (χ0v) is 8.18. The van der Waals surface area contributed by atoms with Gasteiger partial charge in [-0.3, -0.25) is 4.57 Å². The third-order valence-corrected chi connectivity index (χ3v) is 2.00. The molecule has 0 saturated carbocycles. The van der Waals surface area contributed by atoms with Crippen LogP contribution in [0.1, 0.15) is 5.56 Å². The topological polar surface area (TPSA) is 17.1 Å². The molecule has 0 bridgehead atoms. The third-order valence-electron chi connectivity index (χ3n) is 1.20. The number of hydrogen-bond donors (Lipinski definition) is 0. The molecule has 0 amide bonds. The fourth-order valence-corrected chi connectivity index (χ4v) is 1.19. The van der Waals surface area contributed by atoms with Gasteiger partial charge in [-0.1, -0.05) is 28.1 Å². The van der Waals surface area contributed by atoms with E-state index in [-0.39, 0.29) is 8.46 Å². The van der Waals surface area contributed by atoms with Crippen molar-refractivity contribution in [1.82, 2.24) is 0 Å². The molecule has 0 aliphatic carbocycles. The van der Waals surface area contributed by atoms with Crippen LogP contribution in [0.4, 0.5) is 0 Å². The average molecular weight is 229 g/mol. The van der Waals surface area contributed by atoms with E-state index in [0.29, 0.717) is 0 Å². The molecule has 1 rings (SSSR count). The summed E-state index contributed by atoms with van der Waals surface area (Å²) in [5.74, 6) is 1.57. The summed E-state index contributed by atoms with van der Waals surface area (Å²) in [7, 11) is 0.0483. The first-order chi connectivity index (χ1) is 5.33. The minimum absolute atomic E-state index is 0.0483. The fourth-order valence-electron chi connectivity index (χ4n) is 0.690. The number of benzene rings is 1. The smallest absolute Gasteiger partial charge is 0.184 e. The number of hydrogen-bond acceptors (Lipinski definition) is 1. The molecule has 0 aliphatic rings. The van der Waals surface area contributed by atoms with Crippen LogP contribution in [0.15, 0.2) is 34.6 Å². The Kier molecular flexibility index (Phi) is 3.47. The molecule has 0 saturated heterocycles. The first-order valence-electron chi connectivity index (χ1n) is 3.07. The quantitative estimate of drug-likeness (QED) is 0.706. The van der Waals surface area contributed by atoms with Gasteiger partial charge in [0, 0.05) is 10.3 Å². The summed E-state index contributed by atoms with van der Waals surface area (Å²) in [4.78, 5) is 0. The molecule has 0 fully saturated rings. The van der Waals surface area contributed by atoms with Crippen molar-refractivity contribution in [3.8, 4) is 0 Å². The summed E-state index contributed by atoms with van der Waals surface area (Å²) in [5, 5.41) is 0. The van der Waals surface area contributed by atoms with Gasteiger partial charge in [-0.15, -0.1) is 0 Å². The Hall–Kier alpha value is -0.460. The minimum atomic E-state index is 0.0483. The molecular formula is C8H6BrOP. The van der Waals surface area contributed by atoms with Crippen molar-refractivity contribution in [2.24, 2.45) is 0 Å². The first kappa shape index (κ1) is 8.63. The average Bonchev–Trinajstić information content (AvgIpc) is 2.04. The van der Waals surface area contributed by atoms with Gasteiger partial charge in [-0.05, 0) is 23.8 Å². The maximum atomic E-state index is 10.0. The molecule has 0 aliphatic heterocycles. The van der Waals surface area contributed by atoms with Gasteiger partial charge >= 0.3 is 0 Å². The van der Waals surface area contributed by atoms with Crippen LogP contribution in [0.2, 0.25) is 0 Å². The van der Waals surface area contributed by atoms with Crippen LogP contribution in [0, 0.1) is 0 Å². The molecular weight excluding hydrogens is 223 g/mol. The van der Waals surface area contributed by atoms with Crippen molar-refractivity contribution < 1.29 is 4.57 Å². The zero-order chi connectivity index (χ0) is 8.10. The molecule has 0 radical (unpaired) electrons. The Labute approximate surface area is 75.5 Å². The lowest BCUT2D eigenvalue weighted by Crippen LogP contribution is -1.68. The standard InChI is InChI=1S/C8H6BrOP/c9-8-3-1-7(2-4-8)5-6-11-10/h1-6H. The summed E-state index contributed by atoms with van der Waals surface area (Å²) in [5.41, 5.74) is 1.05. The Morgan fingerprint density at radius 1 is 1.27 bits per heavy atom. The second kappa shape index (κ2) is 4.42. The molecule has 0 aromatic heterocycles. The minimum Gasteiger partial charge on any atom is -0.270 e. The zero-order valence-electron chi connectivity index (χ0n) is 5.70. The lowest BCUT2D eigenvalue weighted by molar-refractivity contribution is 0.603. The van der Waals surface area contributed by atoms with Crippen LogP contribution in [0.3, 0.4) is 0 Å². The van der Waals surface area contributed by atoms with Gasteiger partial charge in [0.25, 0.3) is 0 Å². The lowest BCUT2D eigenvalue weighted by atomic mass is 10.2. The van der Waals surface area contributed by atoms with E-state index in [1.165, 1.54) is 0 Å². The predicted molar refractivity (Wildman–Crippen MR) is 50.8 cm³/mol. The highest BCUT2D eigenvalue weighted by molar-refractivity contribution is 9.10. The van der Waals surface area contributed by atoms with Gasteiger partial charge in [-0.2, -0.15) is 0 Å². The largest absolute Gasteiger partial charge is 0.270 e. The molecule has 0 unspecified atom stereocenters. The second-order valence-corrected chi connectivity index (χ2v) is 3.40. The van der Waals surface area contributed by atoms with Crippen molar-refractivity contribution >= 4 is 30.5 Å². The predicted octanol–water partition coefficient (Wildman–Crippen LogP) is 3.71. The van der Waals surface area contributed by atoms with E-state index in [0.717, 1.165) is 10.0 Å². The summed E-state index contributed by atoms with van der Waals surface area (Å²) in [6.45, 7) is 0. The Morgan fingerprint density at radius 2 is 1.91 bits per heavy atom. The van der Waals surface area contributed by atoms with Gasteiger partial charge < -0.3 is 0 Å². The van der Waals surface area contributed by atoms with Crippen molar-refractivity contribution in [3.63, 3.8) is 0 Å². The molecule has 0 heterocycles. The molecule has 1 aromatic rings. The van der Waals surface area contributed by atoms with Crippen molar-refractivity contribution in [3.05, 3.63) is 40.1 Å². The fraction of sp³-hybridized carbons (Fsp3) is 0. The second-order valence-electron chi connectivity index (χ2n) is 1.97. The molecule has 0 N–H and O–H groups in total. The van der Waals surface area contributed by atoms with Crippen molar-refractivity contribution in [2.45, 2.75) is 0 Å². The SMILES string of the molecule is O=PC=Cc1ccc(Br)cc1. The first-order valence-corrected chi connectivity index (χ1v) is 4.75. The summed E-state index contributed by atoms with van der Waals surface area (Å²) < 4.78 is 11.1. The van der Waals surface area contributed by atoms with Gasteiger partial charge in [0.1, 0.15) is 0 Å². The normalized spacial score (nSPS) is 11.0. The van der Waals surface area contributed by atoms with Crippen molar-refractivity contribution in [1.29, 1.82) is 0 Å². The van der Waals surface area contributed by atoms with Crippen LogP contribution in [0.5, 0.6) is 0 Å². The maximum absolute atomic E-state index is 10.0. The Balaban J connectivity index is 2.81. The van der Waals surface area contributed by atoms with Crippen LogP contribution in [-0.4, -0.2) is 0 Å². The van der Waals surface area contributed by atoms with Crippen LogP contribution < -0.4 is 0 Å². The van der Waals surface area contributed by atoms with E-state index >= 15 is 0 Å². The van der Waals surface area contributed by atoms with E-state index in [1.54, 1.807) is 11.9 Å². The van der Waals surface area contributed by atoms with Gasteiger partial charge in [0.05, 0.1) is 0 Å². The Bertz CT molecular complexity index is 266. The molecule has 0 atom stereocenters. The van der Waals surface area contributed by atoms with E-state index in [1.807, 2.05) is 24.3 Å². The number of rotatable bonds is 2. The van der Waals surface area contributed by atoms with Gasteiger partial charge in [0.15, 0.2) is 8.46 Å². The molecule has 0 spiro atoms. The van der Waals surface area contributed by atoms with Crippen molar-refractivity contribution in [2.75, 3.05) is 0 Å². The highest BCUT2D eigenvalue weighted by atomic mass is 79.9. The summed E-state index contributed by atoms with van der Waals surface area (Å²) >= 11 is 3.33. The van der Waals surface area contributed by atoms with Gasteiger partial charge in [0.2, 0.25) is 0 Å². The Morgan fingerprint density at radius 3 is 2.45 bits per heavy atom. The monoisotopic (exact) mass is 228 g/mol. The molecule has 1 nitrogen and oxygen atoms in total. The van der Waals surface area contributed by atoms with E-state index < -0.39 is 0 Å². The highest BCUT2D eigenvalue weighted by Crippen LogP contribution is 2.12. The molecule has 56 valence electrons. The highest BCUT2D eigenvalue weighted by Gasteiger charge is 1.85. The van der Waals surface area contributed by atoms with Crippen LogP contribution in [0.25, 0.3) is 6.08 Å². The third kappa shape index (κ3) is 2.96. The van der Waals surface area contributed by atoms with Crippen LogP contribution >= 0.6 is 24.4 Å². The van der Waals surface area contributed by atoms with E-state index in [9.17, 15) is 4.57 Å². The number of halogens is 1. The lowest BCUT2D eigenvalue weighted by Gasteiger charge is -1.90. The molecule has 11 heavy (non-hydrogen) atoms. The van der Waals surface area contributed by atoms with E-state index in [4.69, 9.17) is 0 Å². The maximum Gasteiger partial charge on any atom is 0.184 e. The van der Waals surface area contributed by atoms with E-state index in [2.05, 4.69) is 15.9 Å². The molecule has 3 heteroatoms. The molecule has 1 aromatic carbocycles. The summed E-state index contributed by atoms with van der Waals surface area (Å²) in [6.07, 6.45) is 1.81. The van der Waals surface area contributed by atoms with Crippen LogP contribution in [-0.2, 0) is 4.57 Å². The van der Waals surface area contributed by atoms with Gasteiger partial charge in [-0.25, -0.2) is 0 Å².